The molecule has 1 aromatic heterocycles. The molecule has 0 bridgehead atoms. The summed E-state index contributed by atoms with van der Waals surface area (Å²) >= 11 is 3.44. The zero-order valence-electron chi connectivity index (χ0n) is 8.79. The molecule has 0 saturated heterocycles. The molecule has 1 saturated carbocycles. The molecule has 0 aliphatic heterocycles. The summed E-state index contributed by atoms with van der Waals surface area (Å²) in [5.74, 6) is -0.241. The molecule has 2 aromatic rings. The molecule has 0 N–H and O–H groups in total. The first-order valence-corrected chi connectivity index (χ1v) is 6.38. The van der Waals surface area contributed by atoms with E-state index in [1.165, 1.54) is 31.7 Å². The second-order valence-corrected chi connectivity index (χ2v) is 5.01. The largest absolute Gasteiger partial charge is 0.315 e. The summed E-state index contributed by atoms with van der Waals surface area (Å²) in [5, 5.41) is 0. The second kappa shape index (κ2) is 3.84. The lowest BCUT2D eigenvalue weighted by Crippen LogP contribution is -2.04. The number of benzene rings is 1. The van der Waals surface area contributed by atoms with Crippen molar-refractivity contribution in [1.82, 2.24) is 9.55 Å². The van der Waals surface area contributed by atoms with E-state index >= 15 is 0 Å². The van der Waals surface area contributed by atoms with E-state index in [2.05, 4.69) is 25.5 Å². The molecule has 3 rings (SSSR count). The maximum Gasteiger partial charge on any atom is 0.178 e. The molecule has 1 aromatic carbocycles. The minimum absolute atomic E-state index is 0.241. The van der Waals surface area contributed by atoms with Gasteiger partial charge in [0.1, 0.15) is 5.52 Å². The number of imidazole rings is 1. The van der Waals surface area contributed by atoms with Gasteiger partial charge in [-0.1, -0.05) is 18.9 Å². The molecule has 1 fully saturated rings. The lowest BCUT2D eigenvalue weighted by Gasteiger charge is -2.13. The van der Waals surface area contributed by atoms with Crippen molar-refractivity contribution in [2.75, 3.05) is 0 Å². The van der Waals surface area contributed by atoms with Gasteiger partial charge in [0.25, 0.3) is 0 Å². The first-order valence-electron chi connectivity index (χ1n) is 5.59. The lowest BCUT2D eigenvalue weighted by atomic mass is 10.2. The van der Waals surface area contributed by atoms with Crippen LogP contribution in [-0.2, 0) is 0 Å². The highest BCUT2D eigenvalue weighted by Crippen LogP contribution is 2.35. The van der Waals surface area contributed by atoms with Crippen molar-refractivity contribution in [3.05, 3.63) is 28.7 Å². The van der Waals surface area contributed by atoms with Gasteiger partial charge in [0.05, 0.1) is 5.52 Å². The molecule has 1 aliphatic rings. The number of halogens is 2. The van der Waals surface area contributed by atoms with Crippen molar-refractivity contribution in [2.24, 2.45) is 0 Å². The third-order valence-electron chi connectivity index (χ3n) is 3.32. The highest BCUT2D eigenvalue weighted by molar-refractivity contribution is 9.10. The van der Waals surface area contributed by atoms with Gasteiger partial charge >= 0.3 is 0 Å². The Labute approximate surface area is 102 Å². The molecular weight excluding hydrogens is 271 g/mol. The predicted molar refractivity (Wildman–Crippen MR) is 64.9 cm³/mol. The van der Waals surface area contributed by atoms with Gasteiger partial charge in [-0.2, -0.15) is 0 Å². The molecule has 0 radical (unpaired) electrons. The number of rotatable bonds is 1. The smallest absolute Gasteiger partial charge is 0.178 e. The molecule has 1 heterocycles. The van der Waals surface area contributed by atoms with E-state index in [-0.39, 0.29) is 5.82 Å². The Kier molecular flexibility index (Phi) is 2.46. The van der Waals surface area contributed by atoms with E-state index in [0.717, 1.165) is 10.3 Å². The van der Waals surface area contributed by atoms with E-state index in [9.17, 15) is 4.39 Å². The van der Waals surface area contributed by atoms with Crippen LogP contribution in [0.15, 0.2) is 22.9 Å². The van der Waals surface area contributed by atoms with E-state index in [1.54, 1.807) is 6.07 Å². The molecule has 4 heteroatoms. The molecule has 2 nitrogen and oxygen atoms in total. The van der Waals surface area contributed by atoms with Crippen molar-refractivity contribution >= 4 is 27.0 Å². The van der Waals surface area contributed by atoms with Gasteiger partial charge in [0, 0.05) is 6.04 Å². The average Bonchev–Trinajstić information content (AvgIpc) is 2.85. The van der Waals surface area contributed by atoms with Crippen LogP contribution in [-0.4, -0.2) is 9.55 Å². The molecular formula is C12H12BrFN2. The van der Waals surface area contributed by atoms with Crippen LogP contribution in [0, 0.1) is 5.82 Å². The Hall–Kier alpha value is -0.900. The molecule has 0 atom stereocenters. The van der Waals surface area contributed by atoms with Crippen molar-refractivity contribution in [1.29, 1.82) is 0 Å². The quantitative estimate of drug-likeness (QED) is 0.772. The molecule has 16 heavy (non-hydrogen) atoms. The Bertz CT molecular complexity index is 529. The molecule has 0 unspecified atom stereocenters. The third kappa shape index (κ3) is 1.47. The predicted octanol–water partition coefficient (Wildman–Crippen LogP) is 4.05. The third-order valence-corrected chi connectivity index (χ3v) is 3.88. The number of hydrogen-bond acceptors (Lipinski definition) is 1. The summed E-state index contributed by atoms with van der Waals surface area (Å²) in [4.78, 5) is 4.26. The SMILES string of the molecule is Fc1cccc2c1nc(Br)n2C1CCCC1. The maximum atomic E-state index is 13.6. The minimum Gasteiger partial charge on any atom is -0.315 e. The van der Waals surface area contributed by atoms with Gasteiger partial charge in [-0.15, -0.1) is 0 Å². The summed E-state index contributed by atoms with van der Waals surface area (Å²) in [6, 6.07) is 5.62. The van der Waals surface area contributed by atoms with Crippen LogP contribution in [0.5, 0.6) is 0 Å². The fourth-order valence-corrected chi connectivity index (χ4v) is 3.22. The zero-order valence-corrected chi connectivity index (χ0v) is 10.4. The standard InChI is InChI=1S/C12H12BrFN2/c13-12-15-11-9(14)6-3-7-10(11)16(12)8-4-1-2-5-8/h3,6-8H,1-2,4-5H2. The van der Waals surface area contributed by atoms with Gasteiger partial charge in [-0.3, -0.25) is 0 Å². The number of para-hydroxylation sites is 1. The van der Waals surface area contributed by atoms with E-state index in [0.29, 0.717) is 11.6 Å². The molecule has 1 aliphatic carbocycles. The van der Waals surface area contributed by atoms with Crippen molar-refractivity contribution in [3.8, 4) is 0 Å². The van der Waals surface area contributed by atoms with Crippen LogP contribution < -0.4 is 0 Å². The summed E-state index contributed by atoms with van der Waals surface area (Å²) < 4.78 is 16.4. The van der Waals surface area contributed by atoms with Gasteiger partial charge in [-0.25, -0.2) is 9.37 Å². The Morgan fingerprint density at radius 1 is 1.31 bits per heavy atom. The van der Waals surface area contributed by atoms with Crippen LogP contribution in [0.1, 0.15) is 31.7 Å². The summed E-state index contributed by atoms with van der Waals surface area (Å²) in [6.07, 6.45) is 4.85. The van der Waals surface area contributed by atoms with Crippen LogP contribution >= 0.6 is 15.9 Å². The second-order valence-electron chi connectivity index (χ2n) is 4.30. The van der Waals surface area contributed by atoms with Crippen molar-refractivity contribution in [2.45, 2.75) is 31.7 Å². The highest BCUT2D eigenvalue weighted by atomic mass is 79.9. The van der Waals surface area contributed by atoms with E-state index < -0.39 is 0 Å². The van der Waals surface area contributed by atoms with Crippen molar-refractivity contribution in [3.63, 3.8) is 0 Å². The Morgan fingerprint density at radius 2 is 2.06 bits per heavy atom. The summed E-state index contributed by atoms with van der Waals surface area (Å²) in [7, 11) is 0. The number of aromatic nitrogens is 2. The van der Waals surface area contributed by atoms with Crippen molar-refractivity contribution < 1.29 is 4.39 Å². The average molecular weight is 283 g/mol. The van der Waals surface area contributed by atoms with Crippen LogP contribution in [0.3, 0.4) is 0 Å². The first-order chi connectivity index (χ1) is 7.77. The van der Waals surface area contributed by atoms with Gasteiger partial charge < -0.3 is 4.57 Å². The van der Waals surface area contributed by atoms with Gasteiger partial charge in [0.15, 0.2) is 10.6 Å². The fraction of sp³-hybridized carbons (Fsp3) is 0.417. The monoisotopic (exact) mass is 282 g/mol. The van der Waals surface area contributed by atoms with Crippen LogP contribution in [0.25, 0.3) is 11.0 Å². The maximum absolute atomic E-state index is 13.6. The first kappa shape index (κ1) is 10.3. The summed E-state index contributed by atoms with van der Waals surface area (Å²) in [6.45, 7) is 0. The Morgan fingerprint density at radius 3 is 2.81 bits per heavy atom. The topological polar surface area (TPSA) is 17.8 Å². The molecule has 84 valence electrons. The zero-order chi connectivity index (χ0) is 11.1. The van der Waals surface area contributed by atoms with Crippen LogP contribution in [0.2, 0.25) is 0 Å². The van der Waals surface area contributed by atoms with Gasteiger partial charge in [-0.05, 0) is 40.9 Å². The molecule has 0 amide bonds. The van der Waals surface area contributed by atoms with E-state index in [1.807, 2.05) is 6.07 Å². The summed E-state index contributed by atoms with van der Waals surface area (Å²) in [5.41, 5.74) is 1.38. The Balaban J connectivity index is 2.22. The normalized spacial score (nSPS) is 17.4. The van der Waals surface area contributed by atoms with E-state index in [4.69, 9.17) is 0 Å². The minimum atomic E-state index is -0.241. The number of fused-ring (bicyclic) bond motifs is 1. The number of hydrogen-bond donors (Lipinski definition) is 0. The lowest BCUT2D eigenvalue weighted by molar-refractivity contribution is 0.522. The number of nitrogens with zero attached hydrogens (tertiary/aromatic N) is 2. The molecule has 0 spiro atoms. The fourth-order valence-electron chi connectivity index (χ4n) is 2.56. The highest BCUT2D eigenvalue weighted by Gasteiger charge is 2.22. The van der Waals surface area contributed by atoms with Crippen LogP contribution in [0.4, 0.5) is 4.39 Å². The van der Waals surface area contributed by atoms with Gasteiger partial charge in [0.2, 0.25) is 0 Å².